The molecule has 0 saturated heterocycles. The highest BCUT2D eigenvalue weighted by Crippen LogP contribution is 2.29. The maximum absolute atomic E-state index is 6.24. The molecular formula is C16H13Cl2N3. The molecule has 3 nitrogen and oxygen atoms in total. The maximum atomic E-state index is 6.24. The minimum atomic E-state index is 0.0592. The Morgan fingerprint density at radius 2 is 1.71 bits per heavy atom. The molecule has 1 heterocycles. The molecule has 0 radical (unpaired) electrons. The van der Waals surface area contributed by atoms with Crippen LogP contribution in [0.2, 0.25) is 10.0 Å². The van der Waals surface area contributed by atoms with Gasteiger partial charge in [-0.15, -0.1) is 0 Å². The van der Waals surface area contributed by atoms with E-state index in [9.17, 15) is 0 Å². The number of nitrogens with zero attached hydrogens (tertiary/aromatic N) is 2. The van der Waals surface area contributed by atoms with Gasteiger partial charge in [-0.1, -0.05) is 29.3 Å². The van der Waals surface area contributed by atoms with E-state index in [1.165, 1.54) is 0 Å². The molecular weight excluding hydrogens is 305 g/mol. The van der Waals surface area contributed by atoms with E-state index < -0.39 is 0 Å². The van der Waals surface area contributed by atoms with Gasteiger partial charge in [0.15, 0.2) is 0 Å². The Labute approximate surface area is 132 Å². The van der Waals surface area contributed by atoms with E-state index in [0.717, 1.165) is 22.3 Å². The predicted octanol–water partition coefficient (Wildman–Crippen LogP) is 5.11. The average Bonchev–Trinajstić information content (AvgIpc) is 2.47. The summed E-state index contributed by atoms with van der Waals surface area (Å²) in [6.07, 6.45) is 3.37. The number of hydrogen-bond acceptors (Lipinski definition) is 3. The first-order valence-electron chi connectivity index (χ1n) is 6.56. The zero-order chi connectivity index (χ0) is 14.8. The highest BCUT2D eigenvalue weighted by atomic mass is 35.5. The molecule has 1 N–H and O–H groups in total. The van der Waals surface area contributed by atoms with Gasteiger partial charge in [-0.3, -0.25) is 9.97 Å². The lowest BCUT2D eigenvalue weighted by molar-refractivity contribution is 0.885. The fraction of sp³-hybridized carbons (Fsp3) is 0.125. The summed E-state index contributed by atoms with van der Waals surface area (Å²) in [5, 5.41) is 4.71. The summed E-state index contributed by atoms with van der Waals surface area (Å²) in [5.74, 6) is 0. The van der Waals surface area contributed by atoms with E-state index in [1.807, 2.05) is 30.3 Å². The Balaban J connectivity index is 1.87. The zero-order valence-electron chi connectivity index (χ0n) is 11.3. The van der Waals surface area contributed by atoms with Gasteiger partial charge in [-0.2, -0.15) is 0 Å². The molecule has 0 saturated carbocycles. The summed E-state index contributed by atoms with van der Waals surface area (Å²) >= 11 is 12.2. The van der Waals surface area contributed by atoms with Gasteiger partial charge in [0.25, 0.3) is 0 Å². The van der Waals surface area contributed by atoms with Crippen molar-refractivity contribution in [2.24, 2.45) is 0 Å². The first-order valence-corrected chi connectivity index (χ1v) is 7.31. The van der Waals surface area contributed by atoms with Gasteiger partial charge in [0.1, 0.15) is 0 Å². The second-order valence-corrected chi connectivity index (χ2v) is 5.64. The van der Waals surface area contributed by atoms with Crippen LogP contribution in [0.25, 0.3) is 11.0 Å². The Hall–Kier alpha value is -1.84. The van der Waals surface area contributed by atoms with E-state index in [4.69, 9.17) is 23.2 Å². The van der Waals surface area contributed by atoms with Crippen LogP contribution in [0.4, 0.5) is 5.69 Å². The second kappa shape index (κ2) is 5.88. The molecule has 0 amide bonds. The first kappa shape index (κ1) is 14.1. The van der Waals surface area contributed by atoms with Gasteiger partial charge in [0.05, 0.1) is 11.0 Å². The third-order valence-electron chi connectivity index (χ3n) is 3.28. The van der Waals surface area contributed by atoms with Crippen molar-refractivity contribution in [2.75, 3.05) is 5.32 Å². The predicted molar refractivity (Wildman–Crippen MR) is 88.0 cm³/mol. The summed E-state index contributed by atoms with van der Waals surface area (Å²) < 4.78 is 0. The summed E-state index contributed by atoms with van der Waals surface area (Å²) in [4.78, 5) is 8.56. The Morgan fingerprint density at radius 1 is 0.952 bits per heavy atom. The van der Waals surface area contributed by atoms with Crippen LogP contribution in [0.5, 0.6) is 0 Å². The average molecular weight is 318 g/mol. The smallest absolute Gasteiger partial charge is 0.0907 e. The fourth-order valence-electron chi connectivity index (χ4n) is 2.23. The molecule has 0 bridgehead atoms. The number of hydrogen-bond donors (Lipinski definition) is 1. The van der Waals surface area contributed by atoms with Crippen molar-refractivity contribution in [3.05, 3.63) is 64.4 Å². The number of anilines is 1. The summed E-state index contributed by atoms with van der Waals surface area (Å²) in [6.45, 7) is 2.05. The molecule has 1 atom stereocenters. The van der Waals surface area contributed by atoms with Crippen LogP contribution in [0.1, 0.15) is 18.5 Å². The molecule has 1 aromatic heterocycles. The van der Waals surface area contributed by atoms with Crippen molar-refractivity contribution in [3.8, 4) is 0 Å². The van der Waals surface area contributed by atoms with Crippen LogP contribution in [-0.2, 0) is 0 Å². The van der Waals surface area contributed by atoms with Crippen molar-refractivity contribution in [2.45, 2.75) is 13.0 Å². The third-order valence-corrected chi connectivity index (χ3v) is 3.84. The van der Waals surface area contributed by atoms with Crippen LogP contribution >= 0.6 is 23.2 Å². The topological polar surface area (TPSA) is 37.8 Å². The Bertz CT molecular complexity index is 789. The molecule has 0 aliphatic heterocycles. The lowest BCUT2D eigenvalue weighted by atomic mass is 10.1. The number of nitrogens with one attached hydrogen (secondary N) is 1. The zero-order valence-corrected chi connectivity index (χ0v) is 12.9. The highest BCUT2D eigenvalue weighted by molar-refractivity contribution is 6.35. The van der Waals surface area contributed by atoms with Crippen molar-refractivity contribution in [3.63, 3.8) is 0 Å². The summed E-state index contributed by atoms with van der Waals surface area (Å²) in [7, 11) is 0. The van der Waals surface area contributed by atoms with E-state index in [1.54, 1.807) is 18.5 Å². The first-order chi connectivity index (χ1) is 10.1. The lowest BCUT2D eigenvalue weighted by Crippen LogP contribution is -2.07. The van der Waals surface area contributed by atoms with Gasteiger partial charge < -0.3 is 5.32 Å². The Morgan fingerprint density at radius 3 is 2.48 bits per heavy atom. The van der Waals surface area contributed by atoms with Crippen LogP contribution < -0.4 is 5.32 Å². The molecule has 21 heavy (non-hydrogen) atoms. The number of fused-ring (bicyclic) bond motifs is 1. The van der Waals surface area contributed by atoms with Gasteiger partial charge in [-0.25, -0.2) is 0 Å². The quantitative estimate of drug-likeness (QED) is 0.729. The SMILES string of the molecule is CC(Nc1ccc2nccnc2c1)c1ccc(Cl)cc1Cl. The van der Waals surface area contributed by atoms with Crippen LogP contribution in [0.15, 0.2) is 48.8 Å². The van der Waals surface area contributed by atoms with E-state index in [2.05, 4.69) is 22.2 Å². The fourth-order valence-corrected chi connectivity index (χ4v) is 2.81. The van der Waals surface area contributed by atoms with Gasteiger partial charge in [0.2, 0.25) is 0 Å². The number of benzene rings is 2. The van der Waals surface area contributed by atoms with Crippen molar-refractivity contribution in [1.29, 1.82) is 0 Å². The molecule has 5 heteroatoms. The molecule has 0 aliphatic rings. The second-order valence-electron chi connectivity index (χ2n) is 4.79. The molecule has 0 aliphatic carbocycles. The minimum Gasteiger partial charge on any atom is -0.378 e. The normalized spacial score (nSPS) is 12.3. The summed E-state index contributed by atoms with van der Waals surface area (Å²) in [5.41, 5.74) is 3.71. The summed E-state index contributed by atoms with van der Waals surface area (Å²) in [6, 6.07) is 11.5. The largest absolute Gasteiger partial charge is 0.378 e. The molecule has 1 unspecified atom stereocenters. The minimum absolute atomic E-state index is 0.0592. The molecule has 0 fully saturated rings. The number of halogens is 2. The van der Waals surface area contributed by atoms with Crippen LogP contribution in [-0.4, -0.2) is 9.97 Å². The maximum Gasteiger partial charge on any atom is 0.0907 e. The van der Waals surface area contributed by atoms with Crippen molar-refractivity contribution >= 4 is 39.9 Å². The molecule has 106 valence electrons. The molecule has 3 aromatic rings. The van der Waals surface area contributed by atoms with E-state index >= 15 is 0 Å². The van der Waals surface area contributed by atoms with Gasteiger partial charge in [0, 0.05) is 34.2 Å². The van der Waals surface area contributed by atoms with Crippen molar-refractivity contribution in [1.82, 2.24) is 9.97 Å². The number of rotatable bonds is 3. The van der Waals surface area contributed by atoms with E-state index in [-0.39, 0.29) is 6.04 Å². The molecule has 0 spiro atoms. The molecule has 2 aromatic carbocycles. The van der Waals surface area contributed by atoms with Gasteiger partial charge in [-0.05, 0) is 42.8 Å². The highest BCUT2D eigenvalue weighted by Gasteiger charge is 2.10. The van der Waals surface area contributed by atoms with Crippen LogP contribution in [0, 0.1) is 0 Å². The van der Waals surface area contributed by atoms with Crippen LogP contribution in [0.3, 0.4) is 0 Å². The monoisotopic (exact) mass is 317 g/mol. The molecule has 3 rings (SSSR count). The Kier molecular flexibility index (Phi) is 3.95. The third kappa shape index (κ3) is 3.09. The van der Waals surface area contributed by atoms with Crippen molar-refractivity contribution < 1.29 is 0 Å². The number of aromatic nitrogens is 2. The lowest BCUT2D eigenvalue weighted by Gasteiger charge is -2.17. The van der Waals surface area contributed by atoms with E-state index in [0.29, 0.717) is 10.0 Å². The van der Waals surface area contributed by atoms with Gasteiger partial charge >= 0.3 is 0 Å². The standard InChI is InChI=1S/C16H13Cl2N3/c1-10(13-4-2-11(17)8-14(13)18)21-12-3-5-15-16(9-12)20-7-6-19-15/h2-10,21H,1H3.